The normalized spacial score (nSPS) is 17.9. The fourth-order valence-electron chi connectivity index (χ4n) is 4.17. The maximum atomic E-state index is 13.3. The number of benzene rings is 2. The number of aryl methyl sites for hydroxylation is 1. The summed E-state index contributed by atoms with van der Waals surface area (Å²) in [5.41, 5.74) is 4.20. The zero-order valence-corrected chi connectivity index (χ0v) is 15.6. The van der Waals surface area contributed by atoms with Gasteiger partial charge in [-0.05, 0) is 42.3 Å². The lowest BCUT2D eigenvalue weighted by Crippen LogP contribution is -2.35. The van der Waals surface area contributed by atoms with E-state index in [1.165, 1.54) is 0 Å². The average molecular weight is 362 g/mol. The number of pyridine rings is 1. The molecule has 2 aliphatic heterocycles. The summed E-state index contributed by atoms with van der Waals surface area (Å²) in [5.74, 6) is 0.805. The molecule has 0 saturated heterocycles. The van der Waals surface area contributed by atoms with Crippen LogP contribution >= 0.6 is 0 Å². The molecule has 2 aromatic carbocycles. The number of fused-ring (bicyclic) bond motifs is 4. The van der Waals surface area contributed by atoms with Gasteiger partial charge in [0.05, 0.1) is 21.2 Å². The summed E-state index contributed by atoms with van der Waals surface area (Å²) in [6, 6.07) is 15.1. The van der Waals surface area contributed by atoms with Crippen LogP contribution in [0.1, 0.15) is 30.5 Å². The first-order chi connectivity index (χ1) is 12.3. The lowest BCUT2D eigenvalue weighted by molar-refractivity contribution is 0.589. The van der Waals surface area contributed by atoms with Crippen LogP contribution in [0, 0.1) is 6.92 Å². The largest absolute Gasteiger partial charge is 0.292 e. The molecule has 0 unspecified atom stereocenters. The van der Waals surface area contributed by atoms with E-state index >= 15 is 0 Å². The molecule has 2 aliphatic rings. The quantitative estimate of drug-likeness (QED) is 0.457. The maximum Gasteiger partial charge on any atom is 0.210 e. The van der Waals surface area contributed by atoms with Gasteiger partial charge >= 0.3 is 0 Å². The highest BCUT2D eigenvalue weighted by Gasteiger charge is 2.45. The molecule has 0 amide bonds. The summed E-state index contributed by atoms with van der Waals surface area (Å²) in [5, 5.41) is 0. The van der Waals surface area contributed by atoms with Crippen LogP contribution in [-0.4, -0.2) is 13.4 Å². The highest BCUT2D eigenvalue weighted by molar-refractivity contribution is 7.92. The van der Waals surface area contributed by atoms with Crippen LogP contribution in [0.2, 0.25) is 0 Å². The minimum atomic E-state index is -3.57. The van der Waals surface area contributed by atoms with E-state index in [-0.39, 0.29) is 5.41 Å². The second-order valence-electron chi connectivity index (χ2n) is 7.46. The van der Waals surface area contributed by atoms with Crippen LogP contribution in [0.25, 0.3) is 0 Å². The fourth-order valence-corrected chi connectivity index (χ4v) is 5.79. The molecular weight excluding hydrogens is 344 g/mol. The number of rotatable bonds is 0. The molecule has 0 fully saturated rings. The van der Waals surface area contributed by atoms with Crippen molar-refractivity contribution in [1.82, 2.24) is 4.98 Å². The molecule has 0 radical (unpaired) electrons. The predicted molar refractivity (Wildman–Crippen MR) is 101 cm³/mol. The van der Waals surface area contributed by atoms with E-state index in [0.29, 0.717) is 15.5 Å². The monoisotopic (exact) mass is 362 g/mol. The number of sulfone groups is 1. The van der Waals surface area contributed by atoms with Crippen molar-refractivity contribution in [3.63, 3.8) is 0 Å². The Morgan fingerprint density at radius 3 is 2.54 bits per heavy atom. The van der Waals surface area contributed by atoms with Crippen LogP contribution in [-0.2, 0) is 15.3 Å². The molecule has 0 aliphatic carbocycles. The van der Waals surface area contributed by atoms with E-state index in [0.717, 1.165) is 28.2 Å². The minimum Gasteiger partial charge on any atom is -0.292 e. The average Bonchev–Trinajstić information content (AvgIpc) is 2.61. The first-order valence-electron chi connectivity index (χ1n) is 8.58. The van der Waals surface area contributed by atoms with Crippen LogP contribution in [0.15, 0.2) is 64.5 Å². The third-order valence-electron chi connectivity index (χ3n) is 5.50. The SMILES string of the molecule is Cc1ccc2c(c1)N1c3ncccc3C(C)(C)c3cccc(c31)S2(=O)=O. The van der Waals surface area contributed by atoms with Gasteiger partial charge < -0.3 is 0 Å². The third-order valence-corrected chi connectivity index (χ3v) is 7.33. The van der Waals surface area contributed by atoms with Crippen LogP contribution < -0.4 is 4.90 Å². The molecule has 26 heavy (non-hydrogen) atoms. The fraction of sp³-hybridized carbons (Fsp3) is 0.190. The topological polar surface area (TPSA) is 50.3 Å². The molecular formula is C21H18N2O2S. The Labute approximate surface area is 153 Å². The van der Waals surface area contributed by atoms with Crippen LogP contribution in [0.4, 0.5) is 17.2 Å². The maximum absolute atomic E-state index is 13.3. The van der Waals surface area contributed by atoms with Crippen molar-refractivity contribution < 1.29 is 8.42 Å². The lowest BCUT2D eigenvalue weighted by Gasteiger charge is -2.44. The molecule has 0 atom stereocenters. The Kier molecular flexibility index (Phi) is 2.84. The minimum absolute atomic E-state index is 0.331. The molecule has 0 spiro atoms. The van der Waals surface area contributed by atoms with Crippen molar-refractivity contribution in [3.8, 4) is 0 Å². The molecule has 5 heteroatoms. The van der Waals surface area contributed by atoms with Crippen molar-refractivity contribution in [2.45, 2.75) is 36.0 Å². The van der Waals surface area contributed by atoms with Crippen molar-refractivity contribution in [3.05, 3.63) is 71.4 Å². The second kappa shape index (κ2) is 4.74. The highest BCUT2D eigenvalue weighted by Crippen LogP contribution is 2.57. The highest BCUT2D eigenvalue weighted by atomic mass is 32.2. The van der Waals surface area contributed by atoms with E-state index in [1.807, 2.05) is 42.2 Å². The van der Waals surface area contributed by atoms with Crippen LogP contribution in [0.5, 0.6) is 0 Å². The van der Waals surface area contributed by atoms with Crippen LogP contribution in [0.3, 0.4) is 0 Å². The number of hydrogen-bond acceptors (Lipinski definition) is 4. The Bertz CT molecular complexity index is 1200. The zero-order chi connectivity index (χ0) is 18.3. The van der Waals surface area contributed by atoms with Gasteiger partial charge in [0.15, 0.2) is 0 Å². The number of nitrogens with zero attached hydrogens (tertiary/aromatic N) is 2. The van der Waals surface area contributed by atoms with Crippen molar-refractivity contribution in [1.29, 1.82) is 0 Å². The lowest BCUT2D eigenvalue weighted by atomic mass is 9.74. The van der Waals surface area contributed by atoms with Gasteiger partial charge in [0.25, 0.3) is 0 Å². The molecule has 3 heterocycles. The molecule has 4 nitrogen and oxygen atoms in total. The number of para-hydroxylation sites is 1. The first-order valence-corrected chi connectivity index (χ1v) is 10.1. The molecule has 130 valence electrons. The standard InChI is InChI=1S/C21H18N2O2S/c1-13-9-10-17-16(12-13)23-19-14(6-4-8-18(19)26(17,24)25)21(2,3)15-7-5-11-22-20(15)23/h4-12H,1-3H3. The van der Waals surface area contributed by atoms with Crippen molar-refractivity contribution in [2.75, 3.05) is 4.90 Å². The van der Waals surface area contributed by atoms with Gasteiger partial charge in [-0.3, -0.25) is 4.90 Å². The molecule has 3 aromatic rings. The smallest absolute Gasteiger partial charge is 0.210 e. The van der Waals surface area contributed by atoms with E-state index in [2.05, 4.69) is 24.9 Å². The number of hydrogen-bond donors (Lipinski definition) is 0. The number of aromatic nitrogens is 1. The Morgan fingerprint density at radius 2 is 1.73 bits per heavy atom. The molecule has 5 rings (SSSR count). The summed E-state index contributed by atoms with van der Waals surface area (Å²) in [7, 11) is -3.57. The molecule has 0 N–H and O–H groups in total. The summed E-state index contributed by atoms with van der Waals surface area (Å²) in [6.07, 6.45) is 1.76. The second-order valence-corrected chi connectivity index (χ2v) is 9.35. The molecule has 0 bridgehead atoms. The van der Waals surface area contributed by atoms with E-state index in [9.17, 15) is 8.42 Å². The van der Waals surface area contributed by atoms with Crippen molar-refractivity contribution >= 4 is 27.0 Å². The first kappa shape index (κ1) is 15.6. The molecule has 1 aromatic heterocycles. The predicted octanol–water partition coefficient (Wildman–Crippen LogP) is 4.65. The van der Waals surface area contributed by atoms with Gasteiger partial charge in [-0.1, -0.05) is 38.1 Å². The third kappa shape index (κ3) is 1.73. The van der Waals surface area contributed by atoms with Gasteiger partial charge in [0.2, 0.25) is 9.84 Å². The summed E-state index contributed by atoms with van der Waals surface area (Å²) < 4.78 is 26.6. The van der Waals surface area contributed by atoms with E-state index < -0.39 is 9.84 Å². The van der Waals surface area contributed by atoms with Gasteiger partial charge in [0.1, 0.15) is 5.82 Å². The summed E-state index contributed by atoms with van der Waals surface area (Å²) >= 11 is 0. The number of anilines is 3. The van der Waals surface area contributed by atoms with Gasteiger partial charge in [-0.15, -0.1) is 0 Å². The van der Waals surface area contributed by atoms with Crippen molar-refractivity contribution in [2.24, 2.45) is 0 Å². The van der Waals surface area contributed by atoms with E-state index in [4.69, 9.17) is 0 Å². The zero-order valence-electron chi connectivity index (χ0n) is 14.8. The Hall–Kier alpha value is -2.66. The Morgan fingerprint density at radius 1 is 0.962 bits per heavy atom. The van der Waals surface area contributed by atoms with Gasteiger partial charge in [-0.2, -0.15) is 0 Å². The summed E-state index contributed by atoms with van der Waals surface area (Å²) in [6.45, 7) is 6.22. The van der Waals surface area contributed by atoms with E-state index in [1.54, 1.807) is 18.3 Å². The summed E-state index contributed by atoms with van der Waals surface area (Å²) in [4.78, 5) is 7.37. The Balaban J connectivity index is 2.00. The van der Waals surface area contributed by atoms with Gasteiger partial charge in [0, 0.05) is 17.2 Å². The molecule has 0 saturated carbocycles. The van der Waals surface area contributed by atoms with Gasteiger partial charge in [-0.25, -0.2) is 13.4 Å².